The van der Waals surface area contributed by atoms with Gasteiger partial charge in [-0.2, -0.15) is 0 Å². The standard InChI is InChI=1S/C17H28N2/c1-14-8-10-16(11-9-14)19(3)13-12-18-17-7-5-4-6-15(17)2/h4-7,14,16,18H,8-13H2,1-3H3. The topological polar surface area (TPSA) is 15.3 Å². The van der Waals surface area contributed by atoms with Gasteiger partial charge in [0.1, 0.15) is 0 Å². The van der Waals surface area contributed by atoms with E-state index in [0.717, 1.165) is 25.0 Å². The number of rotatable bonds is 5. The molecule has 0 amide bonds. The predicted octanol–water partition coefficient (Wildman–Crippen LogP) is 3.92. The van der Waals surface area contributed by atoms with Gasteiger partial charge in [0.15, 0.2) is 0 Å². The van der Waals surface area contributed by atoms with Gasteiger partial charge in [-0.15, -0.1) is 0 Å². The second-order valence-corrected chi connectivity index (χ2v) is 6.14. The fourth-order valence-electron chi connectivity index (χ4n) is 3.00. The first kappa shape index (κ1) is 14.4. The lowest BCUT2D eigenvalue weighted by molar-refractivity contribution is 0.175. The molecule has 0 bridgehead atoms. The van der Waals surface area contributed by atoms with E-state index in [0.29, 0.717) is 0 Å². The quantitative estimate of drug-likeness (QED) is 0.863. The lowest BCUT2D eigenvalue weighted by Gasteiger charge is -2.33. The van der Waals surface area contributed by atoms with Crippen LogP contribution in [-0.4, -0.2) is 31.1 Å². The minimum absolute atomic E-state index is 0.801. The predicted molar refractivity (Wildman–Crippen MR) is 83.7 cm³/mol. The Bertz CT molecular complexity index is 381. The van der Waals surface area contributed by atoms with Gasteiger partial charge in [0.25, 0.3) is 0 Å². The molecule has 0 saturated heterocycles. The second-order valence-electron chi connectivity index (χ2n) is 6.14. The van der Waals surface area contributed by atoms with Gasteiger partial charge in [0.2, 0.25) is 0 Å². The molecule has 1 aromatic rings. The highest BCUT2D eigenvalue weighted by atomic mass is 15.1. The molecular weight excluding hydrogens is 232 g/mol. The zero-order valence-corrected chi connectivity index (χ0v) is 12.7. The summed E-state index contributed by atoms with van der Waals surface area (Å²) in [4.78, 5) is 2.54. The van der Waals surface area contributed by atoms with Crippen LogP contribution in [0.15, 0.2) is 24.3 Å². The van der Waals surface area contributed by atoms with Crippen molar-refractivity contribution in [3.05, 3.63) is 29.8 Å². The van der Waals surface area contributed by atoms with Crippen LogP contribution in [0.5, 0.6) is 0 Å². The fraction of sp³-hybridized carbons (Fsp3) is 0.647. The molecule has 2 nitrogen and oxygen atoms in total. The maximum absolute atomic E-state index is 3.55. The molecule has 0 aliphatic heterocycles. The van der Waals surface area contributed by atoms with Gasteiger partial charge < -0.3 is 10.2 Å². The first-order chi connectivity index (χ1) is 9.16. The maximum Gasteiger partial charge on any atom is 0.0370 e. The molecule has 1 saturated carbocycles. The molecule has 0 unspecified atom stereocenters. The van der Waals surface area contributed by atoms with E-state index in [9.17, 15) is 0 Å². The molecule has 2 heteroatoms. The summed E-state index contributed by atoms with van der Waals surface area (Å²) in [5, 5.41) is 3.55. The van der Waals surface area contributed by atoms with Crippen LogP contribution in [0.2, 0.25) is 0 Å². The fourth-order valence-corrected chi connectivity index (χ4v) is 3.00. The van der Waals surface area contributed by atoms with E-state index in [1.165, 1.54) is 36.9 Å². The number of para-hydroxylation sites is 1. The van der Waals surface area contributed by atoms with Crippen molar-refractivity contribution >= 4 is 5.69 Å². The van der Waals surface area contributed by atoms with E-state index in [1.54, 1.807) is 0 Å². The molecule has 1 aromatic carbocycles. The van der Waals surface area contributed by atoms with E-state index in [-0.39, 0.29) is 0 Å². The summed E-state index contributed by atoms with van der Waals surface area (Å²) in [7, 11) is 2.28. The van der Waals surface area contributed by atoms with Crippen molar-refractivity contribution in [1.82, 2.24) is 4.90 Å². The average molecular weight is 260 g/mol. The largest absolute Gasteiger partial charge is 0.384 e. The Labute approximate surface area is 118 Å². The molecule has 0 heterocycles. The van der Waals surface area contributed by atoms with Gasteiger partial charge in [-0.3, -0.25) is 0 Å². The third-order valence-corrected chi connectivity index (χ3v) is 4.53. The number of nitrogens with one attached hydrogen (secondary N) is 1. The van der Waals surface area contributed by atoms with Crippen molar-refractivity contribution in [1.29, 1.82) is 0 Å². The molecule has 0 spiro atoms. The van der Waals surface area contributed by atoms with Crippen molar-refractivity contribution in [3.63, 3.8) is 0 Å². The van der Waals surface area contributed by atoms with Crippen LogP contribution >= 0.6 is 0 Å². The van der Waals surface area contributed by atoms with Crippen molar-refractivity contribution in [2.45, 2.75) is 45.6 Å². The van der Waals surface area contributed by atoms with Gasteiger partial charge >= 0.3 is 0 Å². The van der Waals surface area contributed by atoms with Gasteiger partial charge in [-0.05, 0) is 57.2 Å². The average Bonchev–Trinajstić information content (AvgIpc) is 2.41. The Balaban J connectivity index is 1.72. The lowest BCUT2D eigenvalue weighted by Crippen LogP contribution is -2.37. The molecule has 0 aromatic heterocycles. The van der Waals surface area contributed by atoms with E-state index in [4.69, 9.17) is 0 Å². The van der Waals surface area contributed by atoms with Gasteiger partial charge in [0.05, 0.1) is 0 Å². The van der Waals surface area contributed by atoms with E-state index >= 15 is 0 Å². The monoisotopic (exact) mass is 260 g/mol. The first-order valence-electron chi connectivity index (χ1n) is 7.66. The van der Waals surface area contributed by atoms with Crippen molar-refractivity contribution in [3.8, 4) is 0 Å². The zero-order valence-electron chi connectivity index (χ0n) is 12.7. The number of aryl methyl sites for hydroxylation is 1. The molecule has 1 aliphatic carbocycles. The molecule has 106 valence electrons. The molecule has 0 radical (unpaired) electrons. The molecule has 0 atom stereocenters. The minimum Gasteiger partial charge on any atom is -0.384 e. The third kappa shape index (κ3) is 4.24. The number of benzene rings is 1. The summed E-state index contributed by atoms with van der Waals surface area (Å²) in [5.41, 5.74) is 2.60. The Morgan fingerprint density at radius 1 is 1.16 bits per heavy atom. The summed E-state index contributed by atoms with van der Waals surface area (Å²) in [6.45, 7) is 6.71. The van der Waals surface area contributed by atoms with Gasteiger partial charge in [-0.1, -0.05) is 25.1 Å². The summed E-state index contributed by atoms with van der Waals surface area (Å²) >= 11 is 0. The molecule has 1 N–H and O–H groups in total. The first-order valence-corrected chi connectivity index (χ1v) is 7.66. The summed E-state index contributed by atoms with van der Waals surface area (Å²) in [6, 6.07) is 9.32. The van der Waals surface area contributed by atoms with Crippen LogP contribution in [0.25, 0.3) is 0 Å². The number of nitrogens with zero attached hydrogens (tertiary/aromatic N) is 1. The Hall–Kier alpha value is -1.02. The van der Waals surface area contributed by atoms with Crippen LogP contribution in [0.3, 0.4) is 0 Å². The van der Waals surface area contributed by atoms with Crippen LogP contribution in [-0.2, 0) is 0 Å². The number of anilines is 1. The Morgan fingerprint density at radius 2 is 1.84 bits per heavy atom. The van der Waals surface area contributed by atoms with Crippen LogP contribution in [0.1, 0.15) is 38.2 Å². The van der Waals surface area contributed by atoms with Crippen molar-refractivity contribution in [2.24, 2.45) is 5.92 Å². The highest BCUT2D eigenvalue weighted by Gasteiger charge is 2.21. The lowest BCUT2D eigenvalue weighted by atomic mass is 9.87. The molecule has 1 aliphatic rings. The smallest absolute Gasteiger partial charge is 0.0370 e. The third-order valence-electron chi connectivity index (χ3n) is 4.53. The summed E-state index contributed by atoms with van der Waals surface area (Å²) < 4.78 is 0. The normalized spacial score (nSPS) is 23.6. The van der Waals surface area contributed by atoms with E-state index in [2.05, 4.69) is 55.4 Å². The van der Waals surface area contributed by atoms with E-state index < -0.39 is 0 Å². The van der Waals surface area contributed by atoms with Crippen LogP contribution in [0, 0.1) is 12.8 Å². The van der Waals surface area contributed by atoms with Gasteiger partial charge in [0, 0.05) is 24.8 Å². The molecule has 2 rings (SSSR count). The van der Waals surface area contributed by atoms with Gasteiger partial charge in [-0.25, -0.2) is 0 Å². The maximum atomic E-state index is 3.55. The summed E-state index contributed by atoms with van der Waals surface area (Å²) in [5.74, 6) is 0.940. The number of likely N-dealkylation sites (N-methyl/N-ethyl adjacent to an activating group) is 1. The van der Waals surface area contributed by atoms with Crippen LogP contribution in [0.4, 0.5) is 5.69 Å². The Kier molecular flexibility index (Phi) is 5.26. The molecule has 1 fully saturated rings. The summed E-state index contributed by atoms with van der Waals surface area (Å²) in [6.07, 6.45) is 5.56. The van der Waals surface area contributed by atoms with Crippen molar-refractivity contribution < 1.29 is 0 Å². The highest BCUT2D eigenvalue weighted by Crippen LogP contribution is 2.26. The molecular formula is C17H28N2. The molecule has 19 heavy (non-hydrogen) atoms. The highest BCUT2D eigenvalue weighted by molar-refractivity contribution is 5.50. The van der Waals surface area contributed by atoms with Crippen LogP contribution < -0.4 is 5.32 Å². The number of hydrogen-bond donors (Lipinski definition) is 1. The minimum atomic E-state index is 0.801. The zero-order chi connectivity index (χ0) is 13.7. The van der Waals surface area contributed by atoms with Crippen molar-refractivity contribution in [2.75, 3.05) is 25.5 Å². The SMILES string of the molecule is Cc1ccccc1NCCN(C)C1CCC(C)CC1. The van der Waals surface area contributed by atoms with E-state index in [1.807, 2.05) is 0 Å². The number of hydrogen-bond acceptors (Lipinski definition) is 2. The second kappa shape index (κ2) is 6.95. The Morgan fingerprint density at radius 3 is 2.53 bits per heavy atom.